The average Bonchev–Trinajstić information content (AvgIpc) is 3.06. The first-order valence-electron chi connectivity index (χ1n) is 8.29. The highest BCUT2D eigenvalue weighted by molar-refractivity contribution is 7.21. The van der Waals surface area contributed by atoms with Gasteiger partial charge >= 0.3 is 0 Å². The van der Waals surface area contributed by atoms with Gasteiger partial charge in [0, 0.05) is 28.7 Å². The van der Waals surface area contributed by atoms with E-state index >= 15 is 0 Å². The third-order valence-electron chi connectivity index (χ3n) is 4.53. The monoisotopic (exact) mass is 323 g/mol. The minimum atomic E-state index is 0.770. The first kappa shape index (κ1) is 14.7. The van der Waals surface area contributed by atoms with Gasteiger partial charge in [0.1, 0.15) is 4.83 Å². The van der Waals surface area contributed by atoms with E-state index in [1.54, 1.807) is 11.3 Å². The summed E-state index contributed by atoms with van der Waals surface area (Å²) < 4.78 is 0. The molecular formula is C19H21N3S. The molecule has 118 valence electrons. The Hall–Kier alpha value is -1.91. The summed E-state index contributed by atoms with van der Waals surface area (Å²) in [6.07, 6.45) is 4.44. The van der Waals surface area contributed by atoms with Gasteiger partial charge in [0.05, 0.1) is 0 Å². The van der Waals surface area contributed by atoms with Crippen molar-refractivity contribution in [3.05, 3.63) is 48.7 Å². The zero-order valence-corrected chi connectivity index (χ0v) is 13.9. The number of nitrogens with zero attached hydrogens (tertiary/aromatic N) is 1. The van der Waals surface area contributed by atoms with E-state index in [9.17, 15) is 0 Å². The summed E-state index contributed by atoms with van der Waals surface area (Å²) in [6, 6.07) is 14.9. The number of aromatic nitrogens is 1. The van der Waals surface area contributed by atoms with Crippen molar-refractivity contribution in [2.24, 2.45) is 5.92 Å². The van der Waals surface area contributed by atoms with Crippen molar-refractivity contribution < 1.29 is 0 Å². The summed E-state index contributed by atoms with van der Waals surface area (Å²) >= 11 is 1.76. The molecular weight excluding hydrogens is 302 g/mol. The highest BCUT2D eigenvalue weighted by Crippen LogP contribution is 2.35. The number of hydrogen-bond acceptors (Lipinski definition) is 4. The van der Waals surface area contributed by atoms with Crippen LogP contribution in [0.3, 0.4) is 0 Å². The van der Waals surface area contributed by atoms with Crippen LogP contribution in [0.5, 0.6) is 0 Å². The van der Waals surface area contributed by atoms with Crippen LogP contribution in [-0.2, 0) is 0 Å². The van der Waals surface area contributed by atoms with Crippen LogP contribution < -0.4 is 10.6 Å². The molecule has 4 rings (SSSR count). The van der Waals surface area contributed by atoms with Crippen molar-refractivity contribution in [3.63, 3.8) is 0 Å². The molecule has 3 aromatic rings. The van der Waals surface area contributed by atoms with Gasteiger partial charge in [-0.2, -0.15) is 0 Å². The minimum absolute atomic E-state index is 0.770. The molecule has 1 fully saturated rings. The number of thiophene rings is 1. The van der Waals surface area contributed by atoms with Crippen molar-refractivity contribution in [3.8, 4) is 10.4 Å². The highest BCUT2D eigenvalue weighted by Gasteiger charge is 2.14. The number of rotatable bonds is 4. The molecule has 0 saturated carbocycles. The largest absolute Gasteiger partial charge is 0.384 e. The molecule has 1 saturated heterocycles. The van der Waals surface area contributed by atoms with Crippen molar-refractivity contribution in [1.29, 1.82) is 0 Å². The lowest BCUT2D eigenvalue weighted by molar-refractivity contribution is 0.390. The molecule has 0 spiro atoms. The normalized spacial score (nSPS) is 15.8. The molecule has 0 bridgehead atoms. The summed E-state index contributed by atoms with van der Waals surface area (Å²) in [6.45, 7) is 3.35. The molecule has 2 aromatic heterocycles. The van der Waals surface area contributed by atoms with Gasteiger partial charge in [0.2, 0.25) is 0 Å². The lowest BCUT2D eigenvalue weighted by Crippen LogP contribution is -2.31. The minimum Gasteiger partial charge on any atom is -0.384 e. The van der Waals surface area contributed by atoms with Crippen LogP contribution in [-0.4, -0.2) is 24.6 Å². The zero-order valence-electron chi connectivity index (χ0n) is 13.1. The molecule has 3 heterocycles. The van der Waals surface area contributed by atoms with Gasteiger partial charge in [0.15, 0.2) is 0 Å². The van der Waals surface area contributed by atoms with Crippen LogP contribution in [0, 0.1) is 5.92 Å². The lowest BCUT2D eigenvalue weighted by atomic mass is 9.98. The fraction of sp³-hybridized carbons (Fsp3) is 0.316. The van der Waals surface area contributed by atoms with Crippen LogP contribution in [0.25, 0.3) is 20.7 Å². The van der Waals surface area contributed by atoms with E-state index in [-0.39, 0.29) is 0 Å². The third-order valence-corrected chi connectivity index (χ3v) is 5.63. The molecule has 4 heteroatoms. The Morgan fingerprint density at radius 2 is 1.96 bits per heavy atom. The molecule has 23 heavy (non-hydrogen) atoms. The molecule has 0 unspecified atom stereocenters. The maximum atomic E-state index is 4.55. The summed E-state index contributed by atoms with van der Waals surface area (Å²) in [5.74, 6) is 0.770. The topological polar surface area (TPSA) is 37.0 Å². The van der Waals surface area contributed by atoms with Crippen LogP contribution in [0.4, 0.5) is 5.69 Å². The van der Waals surface area contributed by atoms with Gasteiger partial charge in [0.25, 0.3) is 0 Å². The van der Waals surface area contributed by atoms with Crippen molar-refractivity contribution in [1.82, 2.24) is 10.3 Å². The average molecular weight is 323 g/mol. The Bertz CT molecular complexity index is 776. The van der Waals surface area contributed by atoms with E-state index in [2.05, 4.69) is 58.1 Å². The van der Waals surface area contributed by atoms with Crippen LogP contribution >= 0.6 is 11.3 Å². The van der Waals surface area contributed by atoms with Crippen molar-refractivity contribution >= 4 is 27.2 Å². The molecule has 0 aliphatic carbocycles. The SMILES string of the molecule is c1ccc(-c2cc3c(NCC4CCNCC4)ccnc3s2)cc1. The fourth-order valence-corrected chi connectivity index (χ4v) is 4.21. The maximum Gasteiger partial charge on any atom is 0.125 e. The number of fused-ring (bicyclic) bond motifs is 1. The van der Waals surface area contributed by atoms with E-state index in [1.165, 1.54) is 34.4 Å². The van der Waals surface area contributed by atoms with Gasteiger partial charge in [-0.05, 0) is 49.5 Å². The first-order chi connectivity index (χ1) is 11.4. The van der Waals surface area contributed by atoms with Crippen molar-refractivity contribution in [2.75, 3.05) is 25.0 Å². The molecule has 0 amide bonds. The fourth-order valence-electron chi connectivity index (χ4n) is 3.18. The number of anilines is 1. The Labute approximate surface area is 140 Å². The van der Waals surface area contributed by atoms with Gasteiger partial charge in [-0.3, -0.25) is 0 Å². The Kier molecular flexibility index (Phi) is 4.26. The second-order valence-corrected chi connectivity index (χ2v) is 7.16. The Morgan fingerprint density at radius 3 is 2.78 bits per heavy atom. The van der Waals surface area contributed by atoms with E-state index in [4.69, 9.17) is 0 Å². The second-order valence-electron chi connectivity index (χ2n) is 6.13. The van der Waals surface area contributed by atoms with Crippen LogP contribution in [0.2, 0.25) is 0 Å². The van der Waals surface area contributed by atoms with Crippen molar-refractivity contribution in [2.45, 2.75) is 12.8 Å². The smallest absolute Gasteiger partial charge is 0.125 e. The quantitative estimate of drug-likeness (QED) is 0.748. The van der Waals surface area contributed by atoms with E-state index < -0.39 is 0 Å². The first-order valence-corrected chi connectivity index (χ1v) is 9.10. The number of piperidine rings is 1. The Balaban J connectivity index is 1.58. The zero-order chi connectivity index (χ0) is 15.5. The predicted molar refractivity (Wildman–Crippen MR) is 99.1 cm³/mol. The molecule has 0 atom stereocenters. The van der Waals surface area contributed by atoms with E-state index in [1.807, 2.05) is 6.20 Å². The molecule has 1 aromatic carbocycles. The summed E-state index contributed by atoms with van der Waals surface area (Å²) in [5.41, 5.74) is 2.48. The van der Waals surface area contributed by atoms with Gasteiger partial charge < -0.3 is 10.6 Å². The molecule has 2 N–H and O–H groups in total. The predicted octanol–water partition coefficient (Wildman–Crippen LogP) is 4.37. The number of pyridine rings is 1. The van der Waals surface area contributed by atoms with Gasteiger partial charge in [-0.1, -0.05) is 30.3 Å². The lowest BCUT2D eigenvalue weighted by Gasteiger charge is -2.23. The molecule has 3 nitrogen and oxygen atoms in total. The second kappa shape index (κ2) is 6.69. The van der Waals surface area contributed by atoms with Gasteiger partial charge in [-0.15, -0.1) is 11.3 Å². The maximum absolute atomic E-state index is 4.55. The third kappa shape index (κ3) is 3.23. The summed E-state index contributed by atoms with van der Waals surface area (Å²) in [4.78, 5) is 6.94. The van der Waals surface area contributed by atoms with E-state index in [0.29, 0.717) is 0 Å². The summed E-state index contributed by atoms with van der Waals surface area (Å²) in [7, 11) is 0. The van der Waals surface area contributed by atoms with Crippen LogP contribution in [0.15, 0.2) is 48.7 Å². The van der Waals surface area contributed by atoms with Crippen LogP contribution in [0.1, 0.15) is 12.8 Å². The molecule has 0 radical (unpaired) electrons. The standard InChI is InChI=1S/C19H21N3S/c1-2-4-15(5-3-1)18-12-16-17(8-11-21-19(16)23-18)22-13-14-6-9-20-10-7-14/h1-5,8,11-12,14,20H,6-7,9-10,13H2,(H,21,22). The molecule has 1 aliphatic rings. The number of hydrogen-bond donors (Lipinski definition) is 2. The van der Waals surface area contributed by atoms with E-state index in [0.717, 1.165) is 30.4 Å². The number of benzene rings is 1. The number of nitrogens with one attached hydrogen (secondary N) is 2. The van der Waals surface area contributed by atoms with Gasteiger partial charge in [-0.25, -0.2) is 4.98 Å². The molecule has 1 aliphatic heterocycles. The summed E-state index contributed by atoms with van der Waals surface area (Å²) in [5, 5.41) is 8.33. The highest BCUT2D eigenvalue weighted by atomic mass is 32.1. The Morgan fingerprint density at radius 1 is 1.13 bits per heavy atom.